The van der Waals surface area contributed by atoms with Crippen molar-refractivity contribution in [3.63, 3.8) is 0 Å². The van der Waals surface area contributed by atoms with E-state index in [0.29, 0.717) is 6.23 Å². The van der Waals surface area contributed by atoms with E-state index in [1.165, 1.54) is 58.0 Å². The molecule has 0 aliphatic carbocycles. The normalized spacial score (nSPS) is 36.1. The molecular weight excluding hydrogens is 332 g/mol. The number of likely N-dealkylation sites (tertiary alicyclic amines) is 2. The molecule has 27 heavy (non-hydrogen) atoms. The summed E-state index contributed by atoms with van der Waals surface area (Å²) < 4.78 is 6.37. The first-order valence-electron chi connectivity index (χ1n) is 12.0. The summed E-state index contributed by atoms with van der Waals surface area (Å²) in [5, 5.41) is 0. The van der Waals surface area contributed by atoms with E-state index >= 15 is 0 Å². The van der Waals surface area contributed by atoms with Crippen LogP contribution in [0.2, 0.25) is 0 Å². The number of nitrogens with zero attached hydrogens (tertiary/aromatic N) is 2. The fourth-order valence-corrected chi connectivity index (χ4v) is 6.15. The number of rotatable bonds is 8. The van der Waals surface area contributed by atoms with Crippen molar-refractivity contribution in [3.8, 4) is 0 Å². The topological polar surface area (TPSA) is 15.7 Å². The predicted octanol–water partition coefficient (Wildman–Crippen LogP) is 5.39. The average Bonchev–Trinajstić information content (AvgIpc) is 3.25. The molecule has 0 spiro atoms. The van der Waals surface area contributed by atoms with Gasteiger partial charge in [-0.25, -0.2) is 0 Å². The van der Waals surface area contributed by atoms with Crippen molar-refractivity contribution in [1.29, 1.82) is 0 Å². The van der Waals surface area contributed by atoms with Crippen LogP contribution in [0.25, 0.3) is 0 Å². The monoisotopic (exact) mass is 378 g/mol. The van der Waals surface area contributed by atoms with Gasteiger partial charge < -0.3 is 4.74 Å². The summed E-state index contributed by atoms with van der Waals surface area (Å²) in [6.07, 6.45) is 9.85. The molecule has 0 bridgehead atoms. The van der Waals surface area contributed by atoms with Gasteiger partial charge >= 0.3 is 0 Å². The molecule has 3 aliphatic heterocycles. The molecule has 0 amide bonds. The molecule has 2 unspecified atom stereocenters. The molecule has 3 rings (SSSR count). The second kappa shape index (κ2) is 9.59. The first-order chi connectivity index (χ1) is 12.8. The van der Waals surface area contributed by atoms with E-state index in [9.17, 15) is 0 Å². The van der Waals surface area contributed by atoms with Crippen LogP contribution in [0, 0.1) is 23.7 Å². The van der Waals surface area contributed by atoms with Gasteiger partial charge in [0.15, 0.2) is 0 Å². The molecule has 0 radical (unpaired) electrons. The summed E-state index contributed by atoms with van der Waals surface area (Å²) in [6.45, 7) is 17.8. The van der Waals surface area contributed by atoms with E-state index < -0.39 is 0 Å². The SMILES string of the molecule is CC(C)C[C@H]1COC(N2CC(N3CCC[C@H]3CC(C)C)C[C@H]2CC(C)C)C1. The summed E-state index contributed by atoms with van der Waals surface area (Å²) in [4.78, 5) is 5.68. The van der Waals surface area contributed by atoms with Gasteiger partial charge in [0.05, 0.1) is 6.61 Å². The Morgan fingerprint density at radius 2 is 1.48 bits per heavy atom. The molecule has 0 aromatic heterocycles. The van der Waals surface area contributed by atoms with E-state index in [0.717, 1.165) is 48.4 Å². The highest BCUT2D eigenvalue weighted by Gasteiger charge is 2.44. The Morgan fingerprint density at radius 1 is 0.815 bits per heavy atom. The van der Waals surface area contributed by atoms with Gasteiger partial charge in [-0.2, -0.15) is 0 Å². The molecule has 0 aromatic carbocycles. The summed E-state index contributed by atoms with van der Waals surface area (Å²) in [6, 6.07) is 2.30. The van der Waals surface area contributed by atoms with Crippen molar-refractivity contribution in [2.24, 2.45) is 23.7 Å². The average molecular weight is 379 g/mol. The Morgan fingerprint density at radius 3 is 2.15 bits per heavy atom. The Balaban J connectivity index is 1.64. The fourth-order valence-electron chi connectivity index (χ4n) is 6.15. The van der Waals surface area contributed by atoms with Crippen molar-refractivity contribution in [1.82, 2.24) is 9.80 Å². The zero-order valence-corrected chi connectivity index (χ0v) is 19.0. The van der Waals surface area contributed by atoms with Gasteiger partial charge in [-0.3, -0.25) is 9.80 Å². The van der Waals surface area contributed by atoms with Gasteiger partial charge in [-0.1, -0.05) is 41.5 Å². The third kappa shape index (κ3) is 5.70. The molecule has 5 atom stereocenters. The van der Waals surface area contributed by atoms with Gasteiger partial charge in [-0.15, -0.1) is 0 Å². The first kappa shape index (κ1) is 21.6. The molecule has 3 heterocycles. The van der Waals surface area contributed by atoms with Crippen LogP contribution in [0.1, 0.15) is 86.5 Å². The van der Waals surface area contributed by atoms with Gasteiger partial charge in [-0.05, 0) is 75.2 Å². The van der Waals surface area contributed by atoms with Crippen molar-refractivity contribution in [3.05, 3.63) is 0 Å². The van der Waals surface area contributed by atoms with Crippen LogP contribution in [0.15, 0.2) is 0 Å². The smallest absolute Gasteiger partial charge is 0.111 e. The number of ether oxygens (including phenoxy) is 1. The van der Waals surface area contributed by atoms with Crippen LogP contribution in [0.5, 0.6) is 0 Å². The van der Waals surface area contributed by atoms with E-state index in [1.54, 1.807) is 0 Å². The number of hydrogen-bond acceptors (Lipinski definition) is 3. The second-order valence-electron chi connectivity index (χ2n) is 11.1. The maximum absolute atomic E-state index is 6.37. The number of hydrogen-bond donors (Lipinski definition) is 0. The van der Waals surface area contributed by atoms with E-state index in [-0.39, 0.29) is 0 Å². The first-order valence-corrected chi connectivity index (χ1v) is 12.0. The minimum Gasteiger partial charge on any atom is -0.363 e. The third-order valence-electron chi connectivity index (χ3n) is 7.05. The standard InChI is InChI=1S/C24H46N2O/c1-17(2)10-20-13-24(27-16-20)26-15-23(14-22(26)12-19(5)6)25-9-7-8-21(25)11-18(3)4/h17-24H,7-16H2,1-6H3/t20-,21+,22-,23?,24?/m1/s1. The molecular formula is C24H46N2O. The molecule has 158 valence electrons. The molecule has 3 heteroatoms. The Labute approximate surface area is 169 Å². The van der Waals surface area contributed by atoms with Crippen LogP contribution in [0.3, 0.4) is 0 Å². The summed E-state index contributed by atoms with van der Waals surface area (Å²) in [5.74, 6) is 3.15. The minimum atomic E-state index is 0.383. The van der Waals surface area contributed by atoms with Crippen LogP contribution in [-0.4, -0.2) is 53.8 Å². The van der Waals surface area contributed by atoms with Crippen molar-refractivity contribution < 1.29 is 4.74 Å². The van der Waals surface area contributed by atoms with Gasteiger partial charge in [0.25, 0.3) is 0 Å². The Bertz CT molecular complexity index is 450. The van der Waals surface area contributed by atoms with Crippen molar-refractivity contribution in [2.75, 3.05) is 19.7 Å². The van der Waals surface area contributed by atoms with E-state index in [2.05, 4.69) is 51.3 Å². The molecule has 3 aliphatic rings. The fraction of sp³-hybridized carbons (Fsp3) is 1.00. The largest absolute Gasteiger partial charge is 0.363 e. The highest BCUT2D eigenvalue weighted by atomic mass is 16.5. The summed E-state index contributed by atoms with van der Waals surface area (Å²) in [5.41, 5.74) is 0. The molecule has 0 aromatic rings. The highest BCUT2D eigenvalue weighted by molar-refractivity contribution is 4.97. The lowest BCUT2D eigenvalue weighted by atomic mass is 9.95. The van der Waals surface area contributed by atoms with E-state index in [1.807, 2.05) is 0 Å². The van der Waals surface area contributed by atoms with Gasteiger partial charge in [0.2, 0.25) is 0 Å². The molecule has 3 nitrogen and oxygen atoms in total. The van der Waals surface area contributed by atoms with Crippen LogP contribution in [0.4, 0.5) is 0 Å². The maximum atomic E-state index is 6.37. The summed E-state index contributed by atoms with van der Waals surface area (Å²) >= 11 is 0. The lowest BCUT2D eigenvalue weighted by Crippen LogP contribution is -2.43. The quantitative estimate of drug-likeness (QED) is 0.563. The molecule has 3 fully saturated rings. The van der Waals surface area contributed by atoms with Gasteiger partial charge in [0.1, 0.15) is 6.23 Å². The summed E-state index contributed by atoms with van der Waals surface area (Å²) in [7, 11) is 0. The molecule has 0 N–H and O–H groups in total. The third-order valence-corrected chi connectivity index (χ3v) is 7.05. The van der Waals surface area contributed by atoms with Crippen molar-refractivity contribution >= 4 is 0 Å². The highest BCUT2D eigenvalue weighted by Crippen LogP contribution is 2.37. The minimum absolute atomic E-state index is 0.383. The lowest BCUT2D eigenvalue weighted by Gasteiger charge is -2.32. The zero-order chi connectivity index (χ0) is 19.6. The van der Waals surface area contributed by atoms with Crippen LogP contribution in [-0.2, 0) is 4.74 Å². The Kier molecular flexibility index (Phi) is 7.66. The molecule has 0 saturated carbocycles. The van der Waals surface area contributed by atoms with Crippen molar-refractivity contribution in [2.45, 2.75) is 111 Å². The van der Waals surface area contributed by atoms with E-state index in [4.69, 9.17) is 4.74 Å². The van der Waals surface area contributed by atoms with Crippen LogP contribution < -0.4 is 0 Å². The van der Waals surface area contributed by atoms with Crippen LogP contribution >= 0.6 is 0 Å². The van der Waals surface area contributed by atoms with Gasteiger partial charge in [0, 0.05) is 24.7 Å². The second-order valence-corrected chi connectivity index (χ2v) is 11.1. The lowest BCUT2D eigenvalue weighted by molar-refractivity contribution is -0.0333. The predicted molar refractivity (Wildman–Crippen MR) is 115 cm³/mol. The zero-order valence-electron chi connectivity index (χ0n) is 19.0. The molecule has 3 saturated heterocycles. The maximum Gasteiger partial charge on any atom is 0.111 e. The Hall–Kier alpha value is -0.120.